The summed E-state index contributed by atoms with van der Waals surface area (Å²) in [4.78, 5) is 13.7. The summed E-state index contributed by atoms with van der Waals surface area (Å²) in [6.45, 7) is 7.51. The zero-order valence-electron chi connectivity index (χ0n) is 14.8. The molecule has 140 valence electrons. The number of nitrogens with zero attached hydrogens (tertiary/aromatic N) is 1. The minimum Gasteiger partial charge on any atom is -0.444 e. The van der Waals surface area contributed by atoms with Crippen LogP contribution in [0.5, 0.6) is 0 Å². The summed E-state index contributed by atoms with van der Waals surface area (Å²) in [5, 5.41) is 2.78. The van der Waals surface area contributed by atoms with Crippen molar-refractivity contribution in [3.63, 3.8) is 0 Å². The Morgan fingerprint density at radius 3 is 2.20 bits per heavy atom. The summed E-state index contributed by atoms with van der Waals surface area (Å²) in [5.74, 6) is 0.346. The monoisotopic (exact) mass is 358 g/mol. The molecule has 0 aliphatic carbocycles. The average Bonchev–Trinajstić information content (AvgIpc) is 2.51. The van der Waals surface area contributed by atoms with Crippen molar-refractivity contribution in [2.45, 2.75) is 45.4 Å². The molecule has 1 saturated heterocycles. The van der Waals surface area contributed by atoms with Gasteiger partial charge in [-0.1, -0.05) is 0 Å². The molecule has 0 aromatic heterocycles. The first-order valence-electron chi connectivity index (χ1n) is 8.44. The molecule has 0 saturated carbocycles. The number of nitrogens with one attached hydrogen (secondary N) is 1. The van der Waals surface area contributed by atoms with Crippen LogP contribution in [0.15, 0.2) is 24.3 Å². The zero-order valence-corrected chi connectivity index (χ0v) is 14.8. The van der Waals surface area contributed by atoms with Crippen molar-refractivity contribution in [3.05, 3.63) is 29.8 Å². The van der Waals surface area contributed by atoms with Crippen LogP contribution in [0, 0.1) is 5.92 Å². The van der Waals surface area contributed by atoms with E-state index in [1.165, 1.54) is 12.1 Å². The maximum absolute atomic E-state index is 12.6. The predicted octanol–water partition coefficient (Wildman–Crippen LogP) is 4.45. The maximum Gasteiger partial charge on any atom is 0.416 e. The molecular weight excluding hydrogens is 333 g/mol. The molecule has 0 spiro atoms. The first kappa shape index (κ1) is 19.4. The van der Waals surface area contributed by atoms with Crippen LogP contribution in [0.2, 0.25) is 0 Å². The van der Waals surface area contributed by atoms with Gasteiger partial charge in [-0.2, -0.15) is 13.2 Å². The Labute approximate surface area is 146 Å². The van der Waals surface area contributed by atoms with Crippen LogP contribution in [0.25, 0.3) is 0 Å². The standard InChI is InChI=1S/C18H25F3N2O2/c1-17(2,3)25-16(24)22-12-13-8-10-23(11-9-13)15-6-4-14(5-7-15)18(19,20)21/h4-7,13H,8-12H2,1-3H3,(H,22,24). The van der Waals surface area contributed by atoms with E-state index in [1.807, 2.05) is 20.8 Å². The SMILES string of the molecule is CC(C)(C)OC(=O)NCC1CCN(c2ccc(C(F)(F)F)cc2)CC1. The summed E-state index contributed by atoms with van der Waals surface area (Å²) in [6, 6.07) is 5.27. The second-order valence-corrected chi connectivity index (χ2v) is 7.36. The van der Waals surface area contributed by atoms with Crippen LogP contribution in [0.3, 0.4) is 0 Å². The van der Waals surface area contributed by atoms with Gasteiger partial charge in [-0.05, 0) is 63.8 Å². The predicted molar refractivity (Wildman–Crippen MR) is 90.6 cm³/mol. The number of carbonyl (C=O) groups is 1. The van der Waals surface area contributed by atoms with E-state index in [1.54, 1.807) is 0 Å². The largest absolute Gasteiger partial charge is 0.444 e. The topological polar surface area (TPSA) is 41.6 Å². The minimum atomic E-state index is -4.31. The summed E-state index contributed by atoms with van der Waals surface area (Å²) in [6.07, 6.45) is -2.98. The number of amides is 1. The smallest absolute Gasteiger partial charge is 0.416 e. The molecule has 1 fully saturated rings. The van der Waals surface area contributed by atoms with Crippen molar-refractivity contribution in [1.29, 1.82) is 0 Å². The van der Waals surface area contributed by atoms with E-state index >= 15 is 0 Å². The number of rotatable bonds is 3. The lowest BCUT2D eigenvalue weighted by Gasteiger charge is -2.34. The number of benzene rings is 1. The number of carbonyl (C=O) groups excluding carboxylic acids is 1. The van der Waals surface area contributed by atoms with Crippen LogP contribution < -0.4 is 10.2 Å². The lowest BCUT2D eigenvalue weighted by Crippen LogP contribution is -2.40. The minimum absolute atomic E-state index is 0.346. The molecule has 2 rings (SSSR count). The average molecular weight is 358 g/mol. The third-order valence-corrected chi connectivity index (χ3v) is 4.11. The highest BCUT2D eigenvalue weighted by Gasteiger charge is 2.30. The Balaban J connectivity index is 1.79. The molecular formula is C18H25F3N2O2. The van der Waals surface area contributed by atoms with Gasteiger partial charge < -0.3 is 15.0 Å². The maximum atomic E-state index is 12.6. The molecule has 1 aromatic rings. The number of alkyl halides is 3. The van der Waals surface area contributed by atoms with Crippen LogP contribution >= 0.6 is 0 Å². The van der Waals surface area contributed by atoms with Gasteiger partial charge in [0.05, 0.1) is 5.56 Å². The van der Waals surface area contributed by atoms with Gasteiger partial charge in [0.25, 0.3) is 0 Å². The first-order chi connectivity index (χ1) is 11.5. The van der Waals surface area contributed by atoms with Gasteiger partial charge in [0, 0.05) is 25.3 Å². The zero-order chi connectivity index (χ0) is 18.7. The molecule has 1 heterocycles. The second kappa shape index (κ2) is 7.54. The van der Waals surface area contributed by atoms with Crippen molar-refractivity contribution in [2.24, 2.45) is 5.92 Å². The lowest BCUT2D eigenvalue weighted by molar-refractivity contribution is -0.137. The summed E-state index contributed by atoms with van der Waals surface area (Å²) in [7, 11) is 0. The summed E-state index contributed by atoms with van der Waals surface area (Å²) in [5.41, 5.74) is -0.352. The van der Waals surface area contributed by atoms with Gasteiger partial charge in [-0.15, -0.1) is 0 Å². The van der Waals surface area contributed by atoms with E-state index in [0.717, 1.165) is 43.8 Å². The molecule has 1 aliphatic rings. The molecule has 0 atom stereocenters. The van der Waals surface area contributed by atoms with Crippen molar-refractivity contribution in [1.82, 2.24) is 5.32 Å². The van der Waals surface area contributed by atoms with Crippen molar-refractivity contribution < 1.29 is 22.7 Å². The van der Waals surface area contributed by atoms with Gasteiger partial charge in [0.15, 0.2) is 0 Å². The number of ether oxygens (including phenoxy) is 1. The highest BCUT2D eigenvalue weighted by molar-refractivity contribution is 5.67. The van der Waals surface area contributed by atoms with E-state index in [4.69, 9.17) is 4.74 Å². The van der Waals surface area contributed by atoms with E-state index in [9.17, 15) is 18.0 Å². The van der Waals surface area contributed by atoms with Crippen LogP contribution in [-0.2, 0) is 10.9 Å². The van der Waals surface area contributed by atoms with Crippen LogP contribution in [0.4, 0.5) is 23.7 Å². The number of piperidine rings is 1. The van der Waals surface area contributed by atoms with Crippen molar-refractivity contribution in [2.75, 3.05) is 24.5 Å². The third-order valence-electron chi connectivity index (χ3n) is 4.11. The first-order valence-corrected chi connectivity index (χ1v) is 8.44. The van der Waals surface area contributed by atoms with Gasteiger partial charge in [-0.25, -0.2) is 4.79 Å². The Morgan fingerprint density at radius 1 is 1.16 bits per heavy atom. The van der Waals surface area contributed by atoms with Gasteiger partial charge >= 0.3 is 12.3 Å². The molecule has 25 heavy (non-hydrogen) atoms. The molecule has 4 nitrogen and oxygen atoms in total. The molecule has 1 amide bonds. The fraction of sp³-hybridized carbons (Fsp3) is 0.611. The fourth-order valence-electron chi connectivity index (χ4n) is 2.80. The van der Waals surface area contributed by atoms with Crippen LogP contribution in [-0.4, -0.2) is 31.3 Å². The van der Waals surface area contributed by atoms with E-state index in [2.05, 4.69) is 10.2 Å². The number of anilines is 1. The molecule has 1 aliphatic heterocycles. The second-order valence-electron chi connectivity index (χ2n) is 7.36. The van der Waals surface area contributed by atoms with Crippen molar-refractivity contribution >= 4 is 11.8 Å². The molecule has 7 heteroatoms. The molecule has 1 N–H and O–H groups in total. The summed E-state index contributed by atoms with van der Waals surface area (Å²) >= 11 is 0. The van der Waals surface area contributed by atoms with E-state index in [-0.39, 0.29) is 0 Å². The third kappa shape index (κ3) is 6.14. The van der Waals surface area contributed by atoms with Crippen LogP contribution in [0.1, 0.15) is 39.2 Å². The Hall–Kier alpha value is -1.92. The van der Waals surface area contributed by atoms with E-state index in [0.29, 0.717) is 12.5 Å². The molecule has 0 radical (unpaired) electrons. The Bertz CT molecular complexity index is 571. The highest BCUT2D eigenvalue weighted by Crippen LogP contribution is 2.31. The number of alkyl carbamates (subject to hydrolysis) is 1. The van der Waals surface area contributed by atoms with Gasteiger partial charge in [0.2, 0.25) is 0 Å². The van der Waals surface area contributed by atoms with E-state index < -0.39 is 23.4 Å². The highest BCUT2D eigenvalue weighted by atomic mass is 19.4. The van der Waals surface area contributed by atoms with Crippen molar-refractivity contribution in [3.8, 4) is 0 Å². The number of halogens is 3. The van der Waals surface area contributed by atoms with Gasteiger partial charge in [-0.3, -0.25) is 0 Å². The normalized spacial score (nSPS) is 16.6. The number of hydrogen-bond donors (Lipinski definition) is 1. The molecule has 0 bridgehead atoms. The molecule has 0 unspecified atom stereocenters. The summed E-state index contributed by atoms with van der Waals surface area (Å²) < 4.78 is 43.0. The Kier molecular flexibility index (Phi) is 5.85. The Morgan fingerprint density at radius 2 is 1.72 bits per heavy atom. The lowest BCUT2D eigenvalue weighted by atomic mass is 9.96. The quantitative estimate of drug-likeness (QED) is 0.868. The molecule has 1 aromatic carbocycles. The number of hydrogen-bond acceptors (Lipinski definition) is 3. The fourth-order valence-corrected chi connectivity index (χ4v) is 2.80. The van der Waals surface area contributed by atoms with Gasteiger partial charge in [0.1, 0.15) is 5.60 Å².